The molecule has 8 heteroatoms. The van der Waals surface area contributed by atoms with Gasteiger partial charge >= 0.3 is 0 Å². The number of hydrogen-bond acceptors (Lipinski definition) is 6. The van der Waals surface area contributed by atoms with Gasteiger partial charge in [0.05, 0.1) is 44.5 Å². The number of para-hydroxylation sites is 4. The molecule has 0 bridgehead atoms. The van der Waals surface area contributed by atoms with Crippen LogP contribution in [0, 0.1) is 0 Å². The van der Waals surface area contributed by atoms with E-state index in [1.807, 2.05) is 23.5 Å². The van der Waals surface area contributed by atoms with Crippen LogP contribution < -0.4 is 0 Å². The second-order valence-electron chi connectivity index (χ2n) is 20.8. The van der Waals surface area contributed by atoms with Crippen molar-refractivity contribution < 1.29 is 4.42 Å². The minimum atomic E-state index is 0.616. The van der Waals surface area contributed by atoms with Crippen LogP contribution in [0.3, 0.4) is 0 Å². The Kier molecular flexibility index (Phi) is 8.98. The van der Waals surface area contributed by atoms with Crippen molar-refractivity contribution in [3.05, 3.63) is 243 Å². The number of nitrogens with zero attached hydrogens (tertiary/aromatic N) is 6. The van der Waals surface area contributed by atoms with Crippen molar-refractivity contribution in [2.24, 2.45) is 0 Å². The van der Waals surface area contributed by atoms with Crippen molar-refractivity contribution in [2.75, 3.05) is 0 Å². The summed E-state index contributed by atoms with van der Waals surface area (Å²) in [6, 6.07) is 86.1. The van der Waals surface area contributed by atoms with E-state index in [0.717, 1.165) is 121 Å². The van der Waals surface area contributed by atoms with E-state index in [9.17, 15) is 0 Å². The number of thiophene rings is 1. The molecule has 0 spiro atoms. The van der Waals surface area contributed by atoms with Gasteiger partial charge < -0.3 is 4.42 Å². The van der Waals surface area contributed by atoms with Crippen molar-refractivity contribution >= 4 is 140 Å². The largest absolute Gasteiger partial charge is 0.455 e. The molecule has 6 heterocycles. The summed E-state index contributed by atoms with van der Waals surface area (Å²) in [5.74, 6) is 1.24. The zero-order valence-electron chi connectivity index (χ0n) is 42.6. The van der Waals surface area contributed by atoms with Crippen molar-refractivity contribution in [3.8, 4) is 45.5 Å². The molecule has 0 fully saturated rings. The van der Waals surface area contributed by atoms with Gasteiger partial charge in [-0.3, -0.25) is 9.13 Å². The zero-order chi connectivity index (χ0) is 52.2. The average Bonchev–Trinajstić information content (AvgIpc) is 4.49. The molecule has 0 N–H and O–H groups in total. The fourth-order valence-electron chi connectivity index (χ4n) is 13.2. The first-order valence-electron chi connectivity index (χ1n) is 27.0. The molecule has 18 rings (SSSR count). The number of hydrogen-bond donors (Lipinski definition) is 0. The van der Waals surface area contributed by atoms with Gasteiger partial charge in [-0.15, -0.1) is 11.3 Å². The van der Waals surface area contributed by atoms with Gasteiger partial charge in [-0.05, 0) is 53.6 Å². The average molecular weight is 1040 g/mol. The summed E-state index contributed by atoms with van der Waals surface area (Å²) < 4.78 is 14.4. The van der Waals surface area contributed by atoms with Gasteiger partial charge in [-0.25, -0.2) is 19.9 Å². The summed E-state index contributed by atoms with van der Waals surface area (Å²) in [5, 5.41) is 15.7. The van der Waals surface area contributed by atoms with Gasteiger partial charge in [0.2, 0.25) is 11.9 Å². The SMILES string of the molecule is c1ccc(-c2nc(-n3c4ccccc4c4c5c6ccc(-c7ccccc7-c7nc(-n8c9ccccc9c9c%10c%11ccccc%11sc%10c%10ccccc%10c98)nc8ccccc78)cc6oc5c5ccccc5c43)nc3ccccc23)cc1. The van der Waals surface area contributed by atoms with E-state index in [-0.39, 0.29) is 0 Å². The molecule has 6 aromatic heterocycles. The summed E-state index contributed by atoms with van der Waals surface area (Å²) in [7, 11) is 0. The first kappa shape index (κ1) is 43.5. The Bertz CT molecular complexity index is 5690. The van der Waals surface area contributed by atoms with Gasteiger partial charge in [0.15, 0.2) is 0 Å². The molecule has 0 radical (unpaired) electrons. The van der Waals surface area contributed by atoms with E-state index in [4.69, 9.17) is 24.4 Å². The van der Waals surface area contributed by atoms with E-state index < -0.39 is 0 Å². The predicted molar refractivity (Wildman–Crippen MR) is 333 cm³/mol. The van der Waals surface area contributed by atoms with Crippen LogP contribution in [-0.2, 0) is 0 Å². The molecular formula is C72H40N6OS. The van der Waals surface area contributed by atoms with Gasteiger partial charge in [-0.1, -0.05) is 200 Å². The molecule has 0 aliphatic heterocycles. The van der Waals surface area contributed by atoms with E-state index in [2.05, 4.69) is 240 Å². The molecule has 12 aromatic carbocycles. The molecule has 0 atom stereocenters. The Labute approximate surface area is 459 Å². The molecule has 370 valence electrons. The molecule has 0 aliphatic carbocycles. The predicted octanol–water partition coefficient (Wildman–Crippen LogP) is 19.3. The highest BCUT2D eigenvalue weighted by atomic mass is 32.1. The van der Waals surface area contributed by atoms with Crippen LogP contribution in [-0.4, -0.2) is 29.1 Å². The normalized spacial score (nSPS) is 12.2. The number of benzene rings is 12. The quantitative estimate of drug-likeness (QED) is 0.172. The summed E-state index contributed by atoms with van der Waals surface area (Å²) in [5.41, 5.74) is 13.5. The Morgan fingerprint density at radius 1 is 0.325 bits per heavy atom. The van der Waals surface area contributed by atoms with Crippen LogP contribution in [0.1, 0.15) is 0 Å². The highest BCUT2D eigenvalue weighted by Crippen LogP contribution is 2.50. The number of rotatable bonds is 5. The number of aromatic nitrogens is 6. The van der Waals surface area contributed by atoms with Gasteiger partial charge in [0.1, 0.15) is 11.2 Å². The fourth-order valence-corrected chi connectivity index (χ4v) is 14.4. The molecule has 0 saturated heterocycles. The minimum absolute atomic E-state index is 0.616. The van der Waals surface area contributed by atoms with E-state index in [1.54, 1.807) is 0 Å². The van der Waals surface area contributed by atoms with Crippen LogP contribution in [0.2, 0.25) is 0 Å². The van der Waals surface area contributed by atoms with Gasteiger partial charge in [0.25, 0.3) is 0 Å². The van der Waals surface area contributed by atoms with Crippen LogP contribution in [0.25, 0.3) is 175 Å². The van der Waals surface area contributed by atoms with Crippen molar-refractivity contribution in [1.29, 1.82) is 0 Å². The summed E-state index contributed by atoms with van der Waals surface area (Å²) >= 11 is 1.87. The summed E-state index contributed by atoms with van der Waals surface area (Å²) in [6.07, 6.45) is 0. The maximum absolute atomic E-state index is 7.22. The second kappa shape index (κ2) is 16.5. The Morgan fingerprint density at radius 2 is 0.825 bits per heavy atom. The van der Waals surface area contributed by atoms with E-state index in [1.165, 1.54) is 41.7 Å². The van der Waals surface area contributed by atoms with Crippen LogP contribution >= 0.6 is 11.3 Å². The second-order valence-corrected chi connectivity index (χ2v) is 21.8. The number of fused-ring (bicyclic) bond motifs is 22. The lowest BCUT2D eigenvalue weighted by molar-refractivity contribution is 0.673. The molecule has 0 aliphatic rings. The van der Waals surface area contributed by atoms with E-state index >= 15 is 0 Å². The van der Waals surface area contributed by atoms with Crippen LogP contribution in [0.5, 0.6) is 0 Å². The molecule has 80 heavy (non-hydrogen) atoms. The topological polar surface area (TPSA) is 74.6 Å². The van der Waals surface area contributed by atoms with Crippen LogP contribution in [0.15, 0.2) is 247 Å². The molecule has 0 saturated carbocycles. The highest BCUT2D eigenvalue weighted by molar-refractivity contribution is 7.27. The van der Waals surface area contributed by atoms with E-state index in [0.29, 0.717) is 11.9 Å². The van der Waals surface area contributed by atoms with Crippen molar-refractivity contribution in [1.82, 2.24) is 29.1 Å². The molecule has 0 amide bonds. The fraction of sp³-hybridized carbons (Fsp3) is 0. The summed E-state index contributed by atoms with van der Waals surface area (Å²) in [6.45, 7) is 0. The molecule has 0 unspecified atom stereocenters. The maximum Gasteiger partial charge on any atom is 0.235 e. The van der Waals surface area contributed by atoms with Gasteiger partial charge in [0, 0.05) is 95.9 Å². The third kappa shape index (κ3) is 6.02. The van der Waals surface area contributed by atoms with Crippen molar-refractivity contribution in [2.45, 2.75) is 0 Å². The zero-order valence-corrected chi connectivity index (χ0v) is 43.4. The monoisotopic (exact) mass is 1040 g/mol. The lowest BCUT2D eigenvalue weighted by atomic mass is 9.94. The Balaban J connectivity index is 0.869. The minimum Gasteiger partial charge on any atom is -0.455 e. The number of furan rings is 1. The lowest BCUT2D eigenvalue weighted by Crippen LogP contribution is -2.04. The first-order chi connectivity index (χ1) is 39.7. The first-order valence-corrected chi connectivity index (χ1v) is 27.8. The third-order valence-corrected chi connectivity index (χ3v) is 17.7. The Hall–Kier alpha value is -10.5. The third-order valence-electron chi connectivity index (χ3n) is 16.5. The van der Waals surface area contributed by atoms with Crippen LogP contribution in [0.4, 0.5) is 0 Å². The molecule has 18 aromatic rings. The van der Waals surface area contributed by atoms with Gasteiger partial charge in [-0.2, -0.15) is 0 Å². The maximum atomic E-state index is 7.22. The molecule has 7 nitrogen and oxygen atoms in total. The highest BCUT2D eigenvalue weighted by Gasteiger charge is 2.27. The van der Waals surface area contributed by atoms with Crippen molar-refractivity contribution in [3.63, 3.8) is 0 Å². The summed E-state index contributed by atoms with van der Waals surface area (Å²) in [4.78, 5) is 22.0. The lowest BCUT2D eigenvalue weighted by Gasteiger charge is -2.15. The smallest absolute Gasteiger partial charge is 0.235 e. The standard InChI is InChI=1S/C72H40N6OS/c1-2-20-41(21-3-1)65-49-28-10-15-33-55(49)73-71(75-65)77-57-35-17-12-30-51(57)61-63-53-39-38-42(40-59(53)79-69(63)47-26-8-6-24-45(47)67(61)77)43-22-4-5-23-44(43)66-50-29-11-16-34-56(50)74-72(76-66)78-58-36-18-13-31-52(58)62-64-54-32-14-19-37-60(54)80-70(64)48-27-9-7-25-46(48)68(62)78/h1-40H. The Morgan fingerprint density at radius 3 is 1.51 bits per heavy atom. The molecular weight excluding hydrogens is 997 g/mol.